The zero-order chi connectivity index (χ0) is 13.7. The van der Waals surface area contributed by atoms with Gasteiger partial charge in [-0.05, 0) is 54.2 Å². The molecule has 0 bridgehead atoms. The molecule has 1 atom stereocenters. The molecule has 2 aromatic carbocycles. The van der Waals surface area contributed by atoms with E-state index in [0.717, 1.165) is 29.0 Å². The van der Waals surface area contributed by atoms with Crippen molar-refractivity contribution < 1.29 is 10.2 Å². The molecule has 2 rings (SSSR count). The van der Waals surface area contributed by atoms with Crippen molar-refractivity contribution in [2.45, 2.75) is 12.8 Å². The molecule has 0 radical (unpaired) electrons. The van der Waals surface area contributed by atoms with E-state index in [2.05, 4.69) is 0 Å². The van der Waals surface area contributed by atoms with E-state index in [4.69, 9.17) is 11.6 Å². The molecule has 2 aromatic rings. The summed E-state index contributed by atoms with van der Waals surface area (Å²) < 4.78 is 0. The van der Waals surface area contributed by atoms with Crippen molar-refractivity contribution in [3.05, 3.63) is 64.7 Å². The lowest BCUT2D eigenvalue weighted by molar-refractivity contribution is 0.225. The molecule has 0 amide bonds. The monoisotopic (exact) mass is 276 g/mol. The molecule has 2 nitrogen and oxygen atoms in total. The molecule has 1 unspecified atom stereocenters. The molecule has 0 saturated carbocycles. The lowest BCUT2D eigenvalue weighted by atomic mass is 9.93. The van der Waals surface area contributed by atoms with Crippen LogP contribution in [-0.2, 0) is 12.8 Å². The maximum absolute atomic E-state index is 9.48. The van der Waals surface area contributed by atoms with Crippen LogP contribution in [0.1, 0.15) is 11.1 Å². The van der Waals surface area contributed by atoms with Gasteiger partial charge in [0.1, 0.15) is 5.75 Å². The number of benzene rings is 2. The standard InChI is InChI=1S/C16H17ClO2/c17-15-6-4-12(5-7-15)8-14(11-18)9-13-2-1-3-16(19)10-13/h1-7,10,14,18-19H,8-9,11H2. The number of aliphatic hydroxyl groups is 1. The van der Waals surface area contributed by atoms with Crippen molar-refractivity contribution in [1.82, 2.24) is 0 Å². The van der Waals surface area contributed by atoms with Crippen molar-refractivity contribution in [2.75, 3.05) is 6.61 Å². The van der Waals surface area contributed by atoms with Gasteiger partial charge in [-0.3, -0.25) is 0 Å². The van der Waals surface area contributed by atoms with Gasteiger partial charge in [-0.15, -0.1) is 0 Å². The number of hydrogen-bond donors (Lipinski definition) is 2. The van der Waals surface area contributed by atoms with Crippen LogP contribution in [0.4, 0.5) is 0 Å². The highest BCUT2D eigenvalue weighted by molar-refractivity contribution is 6.30. The van der Waals surface area contributed by atoms with E-state index in [1.54, 1.807) is 12.1 Å². The topological polar surface area (TPSA) is 40.5 Å². The summed E-state index contributed by atoms with van der Waals surface area (Å²) in [6.45, 7) is 0.123. The first-order valence-electron chi connectivity index (χ1n) is 6.30. The molecular weight excluding hydrogens is 260 g/mol. The van der Waals surface area contributed by atoms with Crippen LogP contribution in [0.2, 0.25) is 5.02 Å². The third kappa shape index (κ3) is 4.27. The second-order valence-electron chi connectivity index (χ2n) is 4.75. The van der Waals surface area contributed by atoms with Gasteiger partial charge in [0, 0.05) is 11.6 Å². The molecule has 3 heteroatoms. The minimum absolute atomic E-state index is 0.123. The second-order valence-corrected chi connectivity index (χ2v) is 5.19. The Hall–Kier alpha value is -1.51. The zero-order valence-corrected chi connectivity index (χ0v) is 11.3. The molecule has 0 heterocycles. The van der Waals surface area contributed by atoms with E-state index >= 15 is 0 Å². The summed E-state index contributed by atoms with van der Waals surface area (Å²) in [6.07, 6.45) is 1.54. The van der Waals surface area contributed by atoms with Crippen molar-refractivity contribution in [3.8, 4) is 5.75 Å². The van der Waals surface area contributed by atoms with E-state index in [1.165, 1.54) is 0 Å². The SMILES string of the molecule is OCC(Cc1ccc(Cl)cc1)Cc1cccc(O)c1. The number of hydrogen-bond acceptors (Lipinski definition) is 2. The van der Waals surface area contributed by atoms with Gasteiger partial charge in [-0.2, -0.15) is 0 Å². The van der Waals surface area contributed by atoms with Crippen LogP contribution < -0.4 is 0 Å². The Morgan fingerprint density at radius 2 is 1.63 bits per heavy atom. The summed E-state index contributed by atoms with van der Waals surface area (Å²) in [6, 6.07) is 14.9. The van der Waals surface area contributed by atoms with Gasteiger partial charge in [0.25, 0.3) is 0 Å². The Balaban J connectivity index is 2.02. The molecule has 0 aliphatic heterocycles. The molecule has 0 aliphatic rings. The van der Waals surface area contributed by atoms with Crippen LogP contribution in [0, 0.1) is 5.92 Å². The fraction of sp³-hybridized carbons (Fsp3) is 0.250. The van der Waals surface area contributed by atoms with Gasteiger partial charge < -0.3 is 10.2 Å². The molecule has 0 aromatic heterocycles. The summed E-state index contributed by atoms with van der Waals surface area (Å²) >= 11 is 5.85. The van der Waals surface area contributed by atoms with E-state index in [1.807, 2.05) is 36.4 Å². The Labute approximate surface area is 118 Å². The number of aromatic hydroxyl groups is 1. The molecule has 100 valence electrons. The average molecular weight is 277 g/mol. The van der Waals surface area contributed by atoms with Gasteiger partial charge in [0.2, 0.25) is 0 Å². The fourth-order valence-corrected chi connectivity index (χ4v) is 2.30. The van der Waals surface area contributed by atoms with Gasteiger partial charge in [0.05, 0.1) is 0 Å². The fourth-order valence-electron chi connectivity index (χ4n) is 2.17. The number of rotatable bonds is 5. The van der Waals surface area contributed by atoms with E-state index in [9.17, 15) is 10.2 Å². The van der Waals surface area contributed by atoms with Crippen LogP contribution in [0.5, 0.6) is 5.75 Å². The Kier molecular flexibility index (Phi) is 4.83. The van der Waals surface area contributed by atoms with Crippen LogP contribution in [0.15, 0.2) is 48.5 Å². The highest BCUT2D eigenvalue weighted by Gasteiger charge is 2.10. The Morgan fingerprint density at radius 1 is 0.947 bits per heavy atom. The highest BCUT2D eigenvalue weighted by atomic mass is 35.5. The second kappa shape index (κ2) is 6.60. The molecule has 19 heavy (non-hydrogen) atoms. The Bertz CT molecular complexity index is 523. The normalized spacial score (nSPS) is 12.3. The molecule has 0 spiro atoms. The predicted molar refractivity (Wildman–Crippen MR) is 77.5 cm³/mol. The van der Waals surface area contributed by atoms with Gasteiger partial charge >= 0.3 is 0 Å². The molecule has 0 saturated heterocycles. The third-order valence-electron chi connectivity index (χ3n) is 3.13. The van der Waals surface area contributed by atoms with Crippen molar-refractivity contribution >= 4 is 11.6 Å². The number of phenolic OH excluding ortho intramolecular Hbond substituents is 1. The Morgan fingerprint density at radius 3 is 2.26 bits per heavy atom. The summed E-state index contributed by atoms with van der Waals surface area (Å²) in [7, 11) is 0. The first kappa shape index (κ1) is 13.9. The maximum atomic E-state index is 9.48. The van der Waals surface area contributed by atoms with Gasteiger partial charge in [-0.25, -0.2) is 0 Å². The van der Waals surface area contributed by atoms with E-state index in [0.29, 0.717) is 0 Å². The summed E-state index contributed by atoms with van der Waals surface area (Å²) in [4.78, 5) is 0. The average Bonchev–Trinajstić information content (AvgIpc) is 2.40. The highest BCUT2D eigenvalue weighted by Crippen LogP contribution is 2.19. The molecule has 0 aliphatic carbocycles. The molecule has 0 fully saturated rings. The zero-order valence-electron chi connectivity index (χ0n) is 10.6. The molecular formula is C16H17ClO2. The largest absolute Gasteiger partial charge is 0.508 e. The first-order valence-corrected chi connectivity index (χ1v) is 6.68. The summed E-state index contributed by atoms with van der Waals surface area (Å²) in [5.41, 5.74) is 2.19. The van der Waals surface area contributed by atoms with Crippen molar-refractivity contribution in [2.24, 2.45) is 5.92 Å². The maximum Gasteiger partial charge on any atom is 0.115 e. The lowest BCUT2D eigenvalue weighted by Gasteiger charge is -2.14. The lowest BCUT2D eigenvalue weighted by Crippen LogP contribution is -2.12. The summed E-state index contributed by atoms with van der Waals surface area (Å²) in [5.74, 6) is 0.406. The number of aliphatic hydroxyl groups excluding tert-OH is 1. The third-order valence-corrected chi connectivity index (χ3v) is 3.38. The van der Waals surface area contributed by atoms with Crippen LogP contribution >= 0.6 is 11.6 Å². The van der Waals surface area contributed by atoms with Crippen LogP contribution in [0.3, 0.4) is 0 Å². The smallest absolute Gasteiger partial charge is 0.115 e. The van der Waals surface area contributed by atoms with Crippen molar-refractivity contribution in [3.63, 3.8) is 0 Å². The first-order chi connectivity index (χ1) is 9.17. The van der Waals surface area contributed by atoms with Gasteiger partial charge in [-0.1, -0.05) is 35.9 Å². The number of phenols is 1. The quantitative estimate of drug-likeness (QED) is 0.878. The number of halogens is 1. The van der Waals surface area contributed by atoms with E-state index in [-0.39, 0.29) is 18.3 Å². The predicted octanol–water partition coefficient (Wildman–Crippen LogP) is 3.44. The molecule has 2 N–H and O–H groups in total. The summed E-state index contributed by atoms with van der Waals surface area (Å²) in [5, 5.41) is 19.6. The van der Waals surface area contributed by atoms with Gasteiger partial charge in [0.15, 0.2) is 0 Å². The van der Waals surface area contributed by atoms with Crippen LogP contribution in [0.25, 0.3) is 0 Å². The van der Waals surface area contributed by atoms with Crippen LogP contribution in [-0.4, -0.2) is 16.8 Å². The minimum Gasteiger partial charge on any atom is -0.508 e. The minimum atomic E-state index is 0.123. The van der Waals surface area contributed by atoms with E-state index < -0.39 is 0 Å². The van der Waals surface area contributed by atoms with Crippen molar-refractivity contribution in [1.29, 1.82) is 0 Å².